The fourth-order valence-corrected chi connectivity index (χ4v) is 4.07. The third-order valence-electron chi connectivity index (χ3n) is 3.20. The van der Waals surface area contributed by atoms with Gasteiger partial charge in [0, 0.05) is 24.7 Å². The van der Waals surface area contributed by atoms with Gasteiger partial charge in [-0.15, -0.1) is 22.7 Å². The summed E-state index contributed by atoms with van der Waals surface area (Å²) in [7, 11) is 0. The number of hydrogen-bond donors (Lipinski definition) is 1. The lowest BCUT2D eigenvalue weighted by Gasteiger charge is -2.27. The number of rotatable bonds is 4. The van der Waals surface area contributed by atoms with Gasteiger partial charge in [0.05, 0.1) is 16.0 Å². The molecule has 3 aromatic heterocycles. The van der Waals surface area contributed by atoms with Gasteiger partial charge in [-0.1, -0.05) is 0 Å². The number of amides is 1. The minimum atomic E-state index is -0.898. The van der Waals surface area contributed by atoms with E-state index in [0.717, 1.165) is 15.3 Å². The molecule has 112 valence electrons. The summed E-state index contributed by atoms with van der Waals surface area (Å²) >= 11 is 2.99. The molecule has 1 N–H and O–H groups in total. The molecule has 0 saturated heterocycles. The first kappa shape index (κ1) is 14.5. The van der Waals surface area contributed by atoms with E-state index in [2.05, 4.69) is 4.98 Å². The largest absolute Gasteiger partial charge is 0.389 e. The minimum absolute atomic E-state index is 0.0494. The van der Waals surface area contributed by atoms with Gasteiger partial charge in [0.1, 0.15) is 4.83 Å². The fraction of sp³-hybridized carbons (Fsp3) is 0.429. The van der Waals surface area contributed by atoms with Crippen LogP contribution in [0.1, 0.15) is 30.4 Å². The van der Waals surface area contributed by atoms with Crippen molar-refractivity contribution in [3.05, 3.63) is 22.5 Å². The Morgan fingerprint density at radius 1 is 1.52 bits per heavy atom. The predicted octanol–water partition coefficient (Wildman–Crippen LogP) is 2.84. The van der Waals surface area contributed by atoms with E-state index in [0.29, 0.717) is 18.0 Å². The summed E-state index contributed by atoms with van der Waals surface area (Å²) < 4.78 is 2.00. The van der Waals surface area contributed by atoms with Crippen LogP contribution in [0.25, 0.3) is 15.3 Å². The first-order valence-corrected chi connectivity index (χ1v) is 8.45. The lowest BCUT2D eigenvalue weighted by atomic mass is 10.1. The molecule has 0 aliphatic heterocycles. The monoisotopic (exact) mass is 323 g/mol. The Balaban J connectivity index is 1.94. The molecule has 0 saturated carbocycles. The van der Waals surface area contributed by atoms with Gasteiger partial charge in [0.15, 0.2) is 4.96 Å². The maximum atomic E-state index is 12.6. The summed E-state index contributed by atoms with van der Waals surface area (Å²) in [5.74, 6) is -0.0494. The van der Waals surface area contributed by atoms with Gasteiger partial charge in [-0.25, -0.2) is 4.98 Å². The Morgan fingerprint density at radius 2 is 2.29 bits per heavy atom. The molecule has 3 rings (SSSR count). The summed E-state index contributed by atoms with van der Waals surface area (Å²) in [6.07, 6.45) is 1.96. The molecule has 3 aromatic rings. The summed E-state index contributed by atoms with van der Waals surface area (Å²) in [6, 6.07) is 1.89. The minimum Gasteiger partial charge on any atom is -0.389 e. The molecule has 1 amide bonds. The number of thiazole rings is 1. The van der Waals surface area contributed by atoms with Gasteiger partial charge in [0.2, 0.25) is 0 Å². The van der Waals surface area contributed by atoms with Crippen LogP contribution in [0.3, 0.4) is 0 Å². The first-order valence-electron chi connectivity index (χ1n) is 6.76. The van der Waals surface area contributed by atoms with Crippen LogP contribution >= 0.6 is 22.7 Å². The van der Waals surface area contributed by atoms with Crippen LogP contribution in [0.2, 0.25) is 0 Å². The van der Waals surface area contributed by atoms with E-state index in [1.165, 1.54) is 11.3 Å². The highest BCUT2D eigenvalue weighted by Crippen LogP contribution is 2.29. The van der Waals surface area contributed by atoms with E-state index in [-0.39, 0.29) is 5.91 Å². The Labute approximate surface area is 130 Å². The zero-order valence-electron chi connectivity index (χ0n) is 12.2. The van der Waals surface area contributed by atoms with E-state index < -0.39 is 5.60 Å². The quantitative estimate of drug-likeness (QED) is 0.803. The van der Waals surface area contributed by atoms with Gasteiger partial charge >= 0.3 is 0 Å². The highest BCUT2D eigenvalue weighted by Gasteiger charge is 2.24. The van der Waals surface area contributed by atoms with Gasteiger partial charge in [-0.05, 0) is 26.8 Å². The maximum Gasteiger partial charge on any atom is 0.264 e. The van der Waals surface area contributed by atoms with Crippen molar-refractivity contribution in [1.29, 1.82) is 0 Å². The van der Waals surface area contributed by atoms with E-state index in [4.69, 9.17) is 0 Å². The summed E-state index contributed by atoms with van der Waals surface area (Å²) in [5.41, 5.74) is 0.0737. The molecule has 0 aliphatic carbocycles. The number of aromatic nitrogens is 2. The van der Waals surface area contributed by atoms with Crippen molar-refractivity contribution in [2.75, 3.05) is 13.1 Å². The number of hydrogen-bond acceptors (Lipinski definition) is 5. The molecule has 0 spiro atoms. The second-order valence-electron chi connectivity index (χ2n) is 5.60. The summed E-state index contributed by atoms with van der Waals surface area (Å²) in [4.78, 5) is 21.3. The van der Waals surface area contributed by atoms with Crippen LogP contribution in [0.15, 0.2) is 17.6 Å². The average Bonchev–Trinajstić information content (AvgIpc) is 3.04. The summed E-state index contributed by atoms with van der Waals surface area (Å²) in [6.45, 7) is 6.22. The molecule has 0 radical (unpaired) electrons. The molecule has 0 bridgehead atoms. The third kappa shape index (κ3) is 2.68. The van der Waals surface area contributed by atoms with Crippen molar-refractivity contribution in [3.8, 4) is 0 Å². The Morgan fingerprint density at radius 3 is 2.95 bits per heavy atom. The van der Waals surface area contributed by atoms with Crippen LogP contribution in [-0.4, -0.2) is 44.0 Å². The zero-order valence-corrected chi connectivity index (χ0v) is 13.8. The van der Waals surface area contributed by atoms with Crippen molar-refractivity contribution in [2.45, 2.75) is 26.4 Å². The smallest absolute Gasteiger partial charge is 0.264 e. The number of carbonyl (C=O) groups is 1. The Hall–Kier alpha value is -1.44. The number of likely N-dealkylation sites (N-methyl/N-ethyl adjacent to an activating group) is 1. The predicted molar refractivity (Wildman–Crippen MR) is 86.3 cm³/mol. The molecule has 5 nitrogen and oxygen atoms in total. The average molecular weight is 323 g/mol. The highest BCUT2D eigenvalue weighted by atomic mass is 32.1. The second-order valence-corrected chi connectivity index (χ2v) is 7.50. The van der Waals surface area contributed by atoms with E-state index in [9.17, 15) is 9.90 Å². The number of fused-ring (bicyclic) bond motifs is 3. The molecule has 3 heterocycles. The molecule has 21 heavy (non-hydrogen) atoms. The Kier molecular flexibility index (Phi) is 3.51. The molecule has 0 atom stereocenters. The van der Waals surface area contributed by atoms with E-state index in [1.54, 1.807) is 30.1 Å². The number of thiophene rings is 1. The molecule has 0 unspecified atom stereocenters. The van der Waals surface area contributed by atoms with Crippen molar-refractivity contribution in [1.82, 2.24) is 14.3 Å². The van der Waals surface area contributed by atoms with E-state index in [1.807, 2.05) is 29.0 Å². The van der Waals surface area contributed by atoms with Crippen molar-refractivity contribution >= 4 is 43.9 Å². The summed E-state index contributed by atoms with van der Waals surface area (Å²) in [5, 5.41) is 11.9. The first-order chi connectivity index (χ1) is 9.89. The molecular formula is C14H17N3O2S2. The zero-order chi connectivity index (χ0) is 15.2. The van der Waals surface area contributed by atoms with Crippen LogP contribution < -0.4 is 0 Å². The number of nitrogens with zero attached hydrogens (tertiary/aromatic N) is 3. The highest BCUT2D eigenvalue weighted by molar-refractivity contribution is 7.21. The topological polar surface area (TPSA) is 57.8 Å². The molecule has 0 aliphatic rings. The molecule has 0 fully saturated rings. The van der Waals surface area contributed by atoms with Gasteiger partial charge in [-0.2, -0.15) is 0 Å². The van der Waals surface area contributed by atoms with Crippen molar-refractivity contribution in [3.63, 3.8) is 0 Å². The third-order valence-corrected chi connectivity index (χ3v) is 4.96. The number of aliphatic hydroxyl groups is 1. The van der Waals surface area contributed by atoms with Crippen LogP contribution in [0.5, 0.6) is 0 Å². The van der Waals surface area contributed by atoms with Crippen molar-refractivity contribution < 1.29 is 9.90 Å². The van der Waals surface area contributed by atoms with Gasteiger partial charge in [-0.3, -0.25) is 9.20 Å². The van der Waals surface area contributed by atoms with Gasteiger partial charge < -0.3 is 10.0 Å². The van der Waals surface area contributed by atoms with Gasteiger partial charge in [0.25, 0.3) is 5.91 Å². The number of imidazole rings is 1. The molecular weight excluding hydrogens is 306 g/mol. The molecule has 0 aromatic carbocycles. The normalized spacial score (nSPS) is 12.4. The maximum absolute atomic E-state index is 12.6. The van der Waals surface area contributed by atoms with Crippen LogP contribution in [0, 0.1) is 0 Å². The fourth-order valence-electron chi connectivity index (χ4n) is 2.30. The molecule has 7 heteroatoms. The number of carbonyl (C=O) groups excluding carboxylic acids is 1. The van der Waals surface area contributed by atoms with Crippen LogP contribution in [-0.2, 0) is 0 Å². The SMILES string of the molecule is CCN(CC(C)(C)O)C(=O)c1cc2c(nc3sccn32)s1. The van der Waals surface area contributed by atoms with Crippen LogP contribution in [0.4, 0.5) is 0 Å². The van der Waals surface area contributed by atoms with Crippen molar-refractivity contribution in [2.24, 2.45) is 0 Å². The Bertz CT molecular complexity index is 794. The standard InChI is InChI=1S/C14H17N3O2S2/c1-4-16(8-14(2,3)19)12(18)10-7-9-11(21-10)15-13-17(9)5-6-20-13/h5-7,19H,4,8H2,1-3H3. The lowest BCUT2D eigenvalue weighted by molar-refractivity contribution is 0.0317. The lowest BCUT2D eigenvalue weighted by Crippen LogP contribution is -2.41. The van der Waals surface area contributed by atoms with E-state index >= 15 is 0 Å². The second kappa shape index (κ2) is 5.08.